The largest absolute Gasteiger partial charge is 0.497 e. The van der Waals surface area contributed by atoms with Gasteiger partial charge in [0.25, 0.3) is 0 Å². The molecule has 0 aliphatic heterocycles. The Morgan fingerprint density at radius 2 is 2.05 bits per heavy atom. The van der Waals surface area contributed by atoms with Crippen LogP contribution in [-0.2, 0) is 4.79 Å². The first-order valence-corrected chi connectivity index (χ1v) is 6.93. The molecule has 2 aromatic rings. The third-order valence-corrected chi connectivity index (χ3v) is 3.48. The highest BCUT2D eigenvalue weighted by molar-refractivity contribution is 5.80. The number of aromatic nitrogens is 3. The molecule has 2 rings (SSSR count). The molecule has 0 spiro atoms. The Bertz CT molecular complexity index is 628. The molecule has 7 nitrogen and oxygen atoms in total. The van der Waals surface area contributed by atoms with Crippen LogP contribution in [0.15, 0.2) is 30.9 Å². The van der Waals surface area contributed by atoms with Gasteiger partial charge in [0.2, 0.25) is 5.91 Å². The van der Waals surface area contributed by atoms with Crippen molar-refractivity contribution in [3.8, 4) is 11.5 Å². The molecule has 0 saturated carbocycles. The second kappa shape index (κ2) is 6.93. The molecule has 0 unspecified atom stereocenters. The summed E-state index contributed by atoms with van der Waals surface area (Å²) >= 11 is 0. The highest BCUT2D eigenvalue weighted by Gasteiger charge is 2.20. The molecular weight excluding hydrogens is 284 g/mol. The zero-order valence-corrected chi connectivity index (χ0v) is 13.1. The maximum atomic E-state index is 12.3. The predicted molar refractivity (Wildman–Crippen MR) is 80.8 cm³/mol. The predicted octanol–water partition coefficient (Wildman–Crippen LogP) is 1.73. The molecule has 1 aromatic carbocycles. The van der Waals surface area contributed by atoms with Gasteiger partial charge in [-0.2, -0.15) is 5.10 Å². The minimum Gasteiger partial charge on any atom is -0.497 e. The van der Waals surface area contributed by atoms with Crippen LogP contribution in [0.4, 0.5) is 0 Å². The summed E-state index contributed by atoms with van der Waals surface area (Å²) in [4.78, 5) is 16.2. The van der Waals surface area contributed by atoms with E-state index in [-0.39, 0.29) is 11.9 Å². The molecule has 2 atom stereocenters. The number of rotatable bonds is 6. The van der Waals surface area contributed by atoms with E-state index >= 15 is 0 Å². The minimum absolute atomic E-state index is 0.150. The van der Waals surface area contributed by atoms with E-state index in [0.717, 1.165) is 5.56 Å². The van der Waals surface area contributed by atoms with Gasteiger partial charge in [0.15, 0.2) is 0 Å². The van der Waals surface area contributed by atoms with Gasteiger partial charge in [0.1, 0.15) is 30.2 Å². The van der Waals surface area contributed by atoms with Crippen molar-refractivity contribution in [2.45, 2.75) is 25.9 Å². The third kappa shape index (κ3) is 3.36. The fourth-order valence-corrected chi connectivity index (χ4v) is 2.13. The zero-order chi connectivity index (χ0) is 16.1. The molecule has 0 aliphatic rings. The number of benzene rings is 1. The average Bonchev–Trinajstić information content (AvgIpc) is 3.07. The van der Waals surface area contributed by atoms with E-state index in [1.165, 1.54) is 17.3 Å². The molecule has 22 heavy (non-hydrogen) atoms. The van der Waals surface area contributed by atoms with E-state index in [1.54, 1.807) is 21.1 Å². The van der Waals surface area contributed by atoms with Crippen LogP contribution in [0, 0.1) is 0 Å². The second-order valence-electron chi connectivity index (χ2n) is 4.89. The van der Waals surface area contributed by atoms with Gasteiger partial charge in [0.05, 0.1) is 20.3 Å². The van der Waals surface area contributed by atoms with Crippen molar-refractivity contribution in [1.29, 1.82) is 0 Å². The second-order valence-corrected chi connectivity index (χ2v) is 4.89. The Hall–Kier alpha value is -2.57. The minimum atomic E-state index is -0.443. The van der Waals surface area contributed by atoms with Gasteiger partial charge in [0, 0.05) is 5.56 Å². The summed E-state index contributed by atoms with van der Waals surface area (Å²) in [7, 11) is 3.19. The Labute approximate surface area is 129 Å². The number of carbonyl (C=O) groups is 1. The van der Waals surface area contributed by atoms with E-state index in [0.29, 0.717) is 11.5 Å². The van der Waals surface area contributed by atoms with Gasteiger partial charge in [-0.15, -0.1) is 0 Å². The van der Waals surface area contributed by atoms with E-state index in [4.69, 9.17) is 9.47 Å². The lowest BCUT2D eigenvalue weighted by Gasteiger charge is -2.20. The van der Waals surface area contributed by atoms with Crippen LogP contribution in [-0.4, -0.2) is 34.9 Å². The lowest BCUT2D eigenvalue weighted by atomic mass is 10.1. The number of hydrogen-bond donors (Lipinski definition) is 1. The van der Waals surface area contributed by atoms with E-state index in [2.05, 4.69) is 15.4 Å². The highest BCUT2D eigenvalue weighted by atomic mass is 16.5. The number of nitrogens with one attached hydrogen (secondary N) is 1. The molecule has 0 radical (unpaired) electrons. The smallest absolute Gasteiger partial charge is 0.245 e. The van der Waals surface area contributed by atoms with Crippen molar-refractivity contribution in [2.24, 2.45) is 0 Å². The van der Waals surface area contributed by atoms with E-state index in [1.807, 2.05) is 25.1 Å². The van der Waals surface area contributed by atoms with Crippen molar-refractivity contribution < 1.29 is 14.3 Å². The highest BCUT2D eigenvalue weighted by Crippen LogP contribution is 2.29. The first-order valence-electron chi connectivity index (χ1n) is 6.93. The molecule has 1 aromatic heterocycles. The summed E-state index contributed by atoms with van der Waals surface area (Å²) in [6.45, 7) is 3.66. The van der Waals surface area contributed by atoms with Gasteiger partial charge in [-0.25, -0.2) is 9.67 Å². The topological polar surface area (TPSA) is 78.3 Å². The van der Waals surface area contributed by atoms with Crippen LogP contribution >= 0.6 is 0 Å². The molecular formula is C15H20N4O3. The summed E-state index contributed by atoms with van der Waals surface area (Å²) < 4.78 is 12.1. The average molecular weight is 304 g/mol. The van der Waals surface area contributed by atoms with Gasteiger partial charge in [-0.1, -0.05) is 0 Å². The molecule has 0 bridgehead atoms. The Morgan fingerprint density at radius 3 is 2.64 bits per heavy atom. The van der Waals surface area contributed by atoms with Crippen molar-refractivity contribution in [3.63, 3.8) is 0 Å². The van der Waals surface area contributed by atoms with Crippen molar-refractivity contribution in [2.75, 3.05) is 14.2 Å². The van der Waals surface area contributed by atoms with Crippen molar-refractivity contribution in [3.05, 3.63) is 36.4 Å². The molecule has 118 valence electrons. The maximum absolute atomic E-state index is 12.3. The lowest BCUT2D eigenvalue weighted by molar-refractivity contribution is -0.124. The summed E-state index contributed by atoms with van der Waals surface area (Å²) in [5.74, 6) is 1.26. The van der Waals surface area contributed by atoms with Gasteiger partial charge < -0.3 is 14.8 Å². The Morgan fingerprint density at radius 1 is 1.27 bits per heavy atom. The first-order chi connectivity index (χ1) is 10.6. The summed E-state index contributed by atoms with van der Waals surface area (Å²) in [5.41, 5.74) is 0.848. The molecule has 0 aliphatic carbocycles. The van der Waals surface area contributed by atoms with E-state index < -0.39 is 6.04 Å². The molecule has 1 heterocycles. The quantitative estimate of drug-likeness (QED) is 0.879. The van der Waals surface area contributed by atoms with E-state index in [9.17, 15) is 4.79 Å². The lowest BCUT2D eigenvalue weighted by Crippen LogP contribution is -2.33. The number of ether oxygens (including phenoxy) is 2. The molecule has 0 fully saturated rings. The SMILES string of the molecule is COc1ccc(OC)c([C@@H](C)NC(=O)[C@H](C)n2cncn2)c1. The van der Waals surface area contributed by atoms with Gasteiger partial charge in [-0.05, 0) is 32.0 Å². The molecule has 0 saturated heterocycles. The zero-order valence-electron chi connectivity index (χ0n) is 13.1. The van der Waals surface area contributed by atoms with Gasteiger partial charge in [-0.3, -0.25) is 4.79 Å². The molecule has 1 amide bonds. The van der Waals surface area contributed by atoms with Crippen LogP contribution in [0.1, 0.15) is 31.5 Å². The van der Waals surface area contributed by atoms with Crippen molar-refractivity contribution >= 4 is 5.91 Å². The molecule has 1 N–H and O–H groups in total. The monoisotopic (exact) mass is 304 g/mol. The number of amides is 1. The number of nitrogens with zero attached hydrogens (tertiary/aromatic N) is 3. The summed E-state index contributed by atoms with van der Waals surface area (Å²) in [5, 5.41) is 6.93. The summed E-state index contributed by atoms with van der Waals surface area (Å²) in [6.07, 6.45) is 2.92. The van der Waals surface area contributed by atoms with Crippen LogP contribution in [0.25, 0.3) is 0 Å². The number of methoxy groups -OCH3 is 2. The first kappa shape index (κ1) is 15.8. The summed E-state index contributed by atoms with van der Waals surface area (Å²) in [6, 6.07) is 4.81. The molecule has 7 heteroatoms. The van der Waals surface area contributed by atoms with Crippen molar-refractivity contribution in [1.82, 2.24) is 20.1 Å². The standard InChI is InChI=1S/C15H20N4O3/c1-10(13-7-12(21-3)5-6-14(13)22-4)18-15(20)11(2)19-9-16-8-17-19/h5-11H,1-4H3,(H,18,20)/t10-,11+/m1/s1. The number of hydrogen-bond acceptors (Lipinski definition) is 5. The Kier molecular flexibility index (Phi) is 4.98. The van der Waals surface area contributed by atoms with Gasteiger partial charge >= 0.3 is 0 Å². The maximum Gasteiger partial charge on any atom is 0.245 e. The Balaban J connectivity index is 2.14. The van der Waals surface area contributed by atoms with Crippen LogP contribution in [0.5, 0.6) is 11.5 Å². The van der Waals surface area contributed by atoms with Crippen LogP contribution in [0.2, 0.25) is 0 Å². The van der Waals surface area contributed by atoms with Crippen LogP contribution in [0.3, 0.4) is 0 Å². The fourth-order valence-electron chi connectivity index (χ4n) is 2.13. The van der Waals surface area contributed by atoms with Crippen LogP contribution < -0.4 is 14.8 Å². The third-order valence-electron chi connectivity index (χ3n) is 3.48. The normalized spacial score (nSPS) is 13.3. The number of carbonyl (C=O) groups excluding carboxylic acids is 1. The fraction of sp³-hybridized carbons (Fsp3) is 0.400.